The van der Waals surface area contributed by atoms with Crippen LogP contribution in [0.4, 0.5) is 5.82 Å². The summed E-state index contributed by atoms with van der Waals surface area (Å²) in [6.45, 7) is 0.514. The summed E-state index contributed by atoms with van der Waals surface area (Å²) in [4.78, 5) is 4.86. The van der Waals surface area contributed by atoms with E-state index in [1.807, 2.05) is 59.1 Å². The molecular formula is C25H27N3O5. The first-order valence-electron chi connectivity index (χ1n) is 10.4. The number of aromatic nitrogens is 2. The molecule has 33 heavy (non-hydrogen) atoms. The van der Waals surface area contributed by atoms with Crippen molar-refractivity contribution in [1.29, 1.82) is 0 Å². The third-order valence-corrected chi connectivity index (χ3v) is 5.37. The SMILES string of the molecule is COc1ccc(-c2nc3ccccn3c2NCc2cc(OC)c(OC)c(OC)c2)cc1OC. The molecule has 2 aromatic heterocycles. The zero-order chi connectivity index (χ0) is 23.4. The maximum Gasteiger partial charge on any atom is 0.203 e. The van der Waals surface area contributed by atoms with Gasteiger partial charge in [-0.15, -0.1) is 0 Å². The smallest absolute Gasteiger partial charge is 0.203 e. The van der Waals surface area contributed by atoms with Gasteiger partial charge in [-0.1, -0.05) is 6.07 Å². The number of hydrogen-bond acceptors (Lipinski definition) is 7. The Kier molecular flexibility index (Phi) is 6.44. The lowest BCUT2D eigenvalue weighted by Crippen LogP contribution is -2.05. The quantitative estimate of drug-likeness (QED) is 0.398. The van der Waals surface area contributed by atoms with Gasteiger partial charge in [0.25, 0.3) is 0 Å². The molecule has 8 nitrogen and oxygen atoms in total. The van der Waals surface area contributed by atoms with Crippen molar-refractivity contribution >= 4 is 11.5 Å². The number of imidazole rings is 1. The minimum absolute atomic E-state index is 0.514. The van der Waals surface area contributed by atoms with Crippen molar-refractivity contribution in [3.8, 4) is 40.0 Å². The molecule has 0 spiro atoms. The molecule has 172 valence electrons. The number of rotatable bonds is 9. The average molecular weight is 450 g/mol. The zero-order valence-electron chi connectivity index (χ0n) is 19.3. The van der Waals surface area contributed by atoms with E-state index in [0.29, 0.717) is 35.3 Å². The van der Waals surface area contributed by atoms with Crippen LogP contribution in [0.3, 0.4) is 0 Å². The number of fused-ring (bicyclic) bond motifs is 1. The molecule has 0 amide bonds. The van der Waals surface area contributed by atoms with Gasteiger partial charge in [0.15, 0.2) is 23.0 Å². The molecule has 0 atom stereocenters. The van der Waals surface area contributed by atoms with Gasteiger partial charge in [-0.05, 0) is 48.0 Å². The van der Waals surface area contributed by atoms with Crippen molar-refractivity contribution in [2.75, 3.05) is 40.9 Å². The minimum atomic E-state index is 0.514. The second-order valence-corrected chi connectivity index (χ2v) is 7.19. The summed E-state index contributed by atoms with van der Waals surface area (Å²) in [5.74, 6) is 3.93. The molecule has 2 aromatic carbocycles. The highest BCUT2D eigenvalue weighted by Gasteiger charge is 2.17. The van der Waals surface area contributed by atoms with Gasteiger partial charge in [0.1, 0.15) is 17.2 Å². The maximum atomic E-state index is 5.49. The molecule has 8 heteroatoms. The minimum Gasteiger partial charge on any atom is -0.493 e. The highest BCUT2D eigenvalue weighted by Crippen LogP contribution is 2.39. The van der Waals surface area contributed by atoms with Gasteiger partial charge in [-0.3, -0.25) is 4.40 Å². The van der Waals surface area contributed by atoms with Crippen LogP contribution in [0.2, 0.25) is 0 Å². The second kappa shape index (κ2) is 9.60. The van der Waals surface area contributed by atoms with Crippen molar-refractivity contribution in [3.63, 3.8) is 0 Å². The van der Waals surface area contributed by atoms with Crippen LogP contribution in [-0.4, -0.2) is 44.9 Å². The second-order valence-electron chi connectivity index (χ2n) is 7.19. The Bertz CT molecular complexity index is 1240. The van der Waals surface area contributed by atoms with Crippen molar-refractivity contribution in [2.45, 2.75) is 6.54 Å². The van der Waals surface area contributed by atoms with E-state index in [9.17, 15) is 0 Å². The van der Waals surface area contributed by atoms with Crippen LogP contribution in [0.1, 0.15) is 5.56 Å². The Labute approximate surface area is 192 Å². The Morgan fingerprint density at radius 2 is 1.45 bits per heavy atom. The van der Waals surface area contributed by atoms with Crippen LogP contribution in [0.15, 0.2) is 54.7 Å². The van der Waals surface area contributed by atoms with Crippen LogP contribution in [0.25, 0.3) is 16.9 Å². The van der Waals surface area contributed by atoms with E-state index in [0.717, 1.165) is 28.3 Å². The van der Waals surface area contributed by atoms with Crippen LogP contribution in [0.5, 0.6) is 28.7 Å². The van der Waals surface area contributed by atoms with E-state index in [2.05, 4.69) is 5.32 Å². The molecule has 2 heterocycles. The molecule has 0 aliphatic rings. The molecule has 1 N–H and O–H groups in total. The summed E-state index contributed by atoms with van der Waals surface area (Å²) < 4.78 is 29.3. The lowest BCUT2D eigenvalue weighted by Gasteiger charge is -2.15. The topological polar surface area (TPSA) is 75.5 Å². The molecule has 0 aliphatic heterocycles. The van der Waals surface area contributed by atoms with Gasteiger partial charge in [0, 0.05) is 18.3 Å². The third kappa shape index (κ3) is 4.19. The molecule has 0 fully saturated rings. The summed E-state index contributed by atoms with van der Waals surface area (Å²) >= 11 is 0. The number of benzene rings is 2. The van der Waals surface area contributed by atoms with Crippen LogP contribution in [0, 0.1) is 0 Å². The van der Waals surface area contributed by atoms with Gasteiger partial charge in [-0.25, -0.2) is 4.98 Å². The molecule has 0 saturated heterocycles. The predicted octanol–water partition coefficient (Wildman–Crippen LogP) is 4.66. The number of ether oxygens (including phenoxy) is 5. The monoisotopic (exact) mass is 449 g/mol. The number of methoxy groups -OCH3 is 5. The Morgan fingerprint density at radius 3 is 2.09 bits per heavy atom. The van der Waals surface area contributed by atoms with Gasteiger partial charge in [0.05, 0.1) is 35.5 Å². The molecule has 0 radical (unpaired) electrons. The van der Waals surface area contributed by atoms with E-state index < -0.39 is 0 Å². The average Bonchev–Trinajstić information content (AvgIpc) is 3.24. The number of hydrogen-bond donors (Lipinski definition) is 1. The molecular weight excluding hydrogens is 422 g/mol. The van der Waals surface area contributed by atoms with Crippen molar-refractivity contribution in [1.82, 2.24) is 9.38 Å². The third-order valence-electron chi connectivity index (χ3n) is 5.37. The van der Waals surface area contributed by atoms with Crippen LogP contribution < -0.4 is 29.0 Å². The highest BCUT2D eigenvalue weighted by molar-refractivity contribution is 5.78. The molecule has 4 aromatic rings. The summed E-state index contributed by atoms with van der Waals surface area (Å²) in [5, 5.41) is 3.53. The van der Waals surface area contributed by atoms with Gasteiger partial charge >= 0.3 is 0 Å². The summed E-state index contributed by atoms with van der Waals surface area (Å²) in [6.07, 6.45) is 1.98. The molecule has 0 unspecified atom stereocenters. The summed E-state index contributed by atoms with van der Waals surface area (Å²) in [7, 11) is 8.04. The van der Waals surface area contributed by atoms with Gasteiger partial charge in [0.2, 0.25) is 5.75 Å². The number of nitrogens with one attached hydrogen (secondary N) is 1. The van der Waals surface area contributed by atoms with Crippen molar-refractivity contribution < 1.29 is 23.7 Å². The molecule has 0 aliphatic carbocycles. The number of nitrogens with zero attached hydrogens (tertiary/aromatic N) is 2. The summed E-state index contributed by atoms with van der Waals surface area (Å²) in [5.41, 5.74) is 3.50. The largest absolute Gasteiger partial charge is 0.493 e. The lowest BCUT2D eigenvalue weighted by molar-refractivity contribution is 0.324. The normalized spacial score (nSPS) is 10.7. The first kappa shape index (κ1) is 22.1. The van der Waals surface area contributed by atoms with Gasteiger partial charge < -0.3 is 29.0 Å². The standard InChI is InChI=1S/C25H27N3O5/c1-29-18-10-9-17(14-19(18)30-2)23-25(28-11-7-6-8-22(28)27-23)26-15-16-12-20(31-3)24(33-5)21(13-16)32-4/h6-14,26H,15H2,1-5H3. The first-order valence-corrected chi connectivity index (χ1v) is 10.4. The molecule has 0 saturated carbocycles. The lowest BCUT2D eigenvalue weighted by atomic mass is 10.1. The summed E-state index contributed by atoms with van der Waals surface area (Å²) in [6, 6.07) is 15.5. The fourth-order valence-corrected chi connectivity index (χ4v) is 3.77. The first-order chi connectivity index (χ1) is 16.1. The maximum absolute atomic E-state index is 5.49. The zero-order valence-corrected chi connectivity index (χ0v) is 19.3. The van der Waals surface area contributed by atoms with Crippen LogP contribution in [-0.2, 0) is 6.54 Å². The van der Waals surface area contributed by atoms with E-state index in [1.54, 1.807) is 35.5 Å². The van der Waals surface area contributed by atoms with E-state index in [1.165, 1.54) is 0 Å². The number of anilines is 1. The number of pyridine rings is 1. The Balaban J connectivity index is 1.75. The van der Waals surface area contributed by atoms with Crippen molar-refractivity contribution in [3.05, 3.63) is 60.3 Å². The van der Waals surface area contributed by atoms with E-state index >= 15 is 0 Å². The van der Waals surface area contributed by atoms with Gasteiger partial charge in [-0.2, -0.15) is 0 Å². The fourth-order valence-electron chi connectivity index (χ4n) is 3.77. The van der Waals surface area contributed by atoms with E-state index in [4.69, 9.17) is 28.7 Å². The van der Waals surface area contributed by atoms with Crippen molar-refractivity contribution in [2.24, 2.45) is 0 Å². The fraction of sp³-hybridized carbons (Fsp3) is 0.240. The predicted molar refractivity (Wildman–Crippen MR) is 127 cm³/mol. The Morgan fingerprint density at radius 1 is 0.758 bits per heavy atom. The highest BCUT2D eigenvalue weighted by atomic mass is 16.5. The van der Waals surface area contributed by atoms with E-state index in [-0.39, 0.29) is 0 Å². The molecule has 4 rings (SSSR count). The molecule has 0 bridgehead atoms. The Hall–Kier alpha value is -4.07. The van der Waals surface area contributed by atoms with Crippen LogP contribution >= 0.6 is 0 Å².